The molecule has 0 unspecified atom stereocenters. The number of fused-ring (bicyclic) bond motifs is 1. The lowest BCUT2D eigenvalue weighted by Gasteiger charge is -2.42. The van der Waals surface area contributed by atoms with Crippen LogP contribution in [0, 0.1) is 11.3 Å². The van der Waals surface area contributed by atoms with Gasteiger partial charge in [-0.15, -0.1) is 0 Å². The first kappa shape index (κ1) is 19.2. The lowest BCUT2D eigenvalue weighted by molar-refractivity contribution is -0.161. The third-order valence-corrected chi connectivity index (χ3v) is 7.62. The fourth-order valence-corrected chi connectivity index (χ4v) is 6.29. The predicted octanol–water partition coefficient (Wildman–Crippen LogP) is 5.88. The third kappa shape index (κ3) is 3.47. The first-order valence-electron chi connectivity index (χ1n) is 10.3. The first-order valence-corrected chi connectivity index (χ1v) is 11.0. The number of allylic oxidation sites excluding steroid dienone is 3. The highest BCUT2D eigenvalue weighted by Gasteiger charge is 2.49. The molecule has 0 aromatic heterocycles. The van der Waals surface area contributed by atoms with Crippen molar-refractivity contribution in [3.05, 3.63) is 21.7 Å². The maximum Gasteiger partial charge on any atom is 0.173 e. The molecule has 4 heteroatoms. The van der Waals surface area contributed by atoms with Crippen LogP contribution in [0.5, 0.6) is 0 Å². The maximum absolute atomic E-state index is 6.45. The van der Waals surface area contributed by atoms with Crippen LogP contribution < -0.4 is 0 Å². The molecule has 0 aromatic carbocycles. The minimum absolute atomic E-state index is 0.0584. The van der Waals surface area contributed by atoms with Crippen molar-refractivity contribution in [1.82, 2.24) is 0 Å². The van der Waals surface area contributed by atoms with Gasteiger partial charge in [-0.1, -0.05) is 28.9 Å². The Morgan fingerprint density at radius 2 is 1.85 bits per heavy atom. The molecule has 0 aromatic rings. The minimum atomic E-state index is -0.356. The summed E-state index contributed by atoms with van der Waals surface area (Å²) in [7, 11) is 0. The van der Waals surface area contributed by atoms with Gasteiger partial charge in [-0.25, -0.2) is 0 Å². The maximum atomic E-state index is 6.45. The Labute approximate surface area is 166 Å². The smallest absolute Gasteiger partial charge is 0.173 e. The monoisotopic (exact) mass is 424 g/mol. The molecule has 4 rings (SSSR count). The highest BCUT2D eigenvalue weighted by molar-refractivity contribution is 9.11. The Bertz CT molecular complexity index is 624. The Balaban J connectivity index is 1.52. The molecular formula is C22H33BrO3. The number of hydrogen-bond donors (Lipinski definition) is 0. The molecular weight excluding hydrogens is 392 g/mol. The Kier molecular flexibility index (Phi) is 4.95. The van der Waals surface area contributed by atoms with Crippen LogP contribution in [-0.2, 0) is 14.2 Å². The van der Waals surface area contributed by atoms with E-state index in [-0.39, 0.29) is 16.8 Å². The lowest BCUT2D eigenvalue weighted by atomic mass is 9.68. The topological polar surface area (TPSA) is 27.7 Å². The summed E-state index contributed by atoms with van der Waals surface area (Å²) in [4.78, 5) is 0. The Morgan fingerprint density at radius 3 is 2.50 bits per heavy atom. The second-order valence-corrected chi connectivity index (χ2v) is 10.7. The molecule has 3 aliphatic carbocycles. The molecule has 1 heterocycles. The zero-order valence-electron chi connectivity index (χ0n) is 16.7. The molecule has 2 fully saturated rings. The summed E-state index contributed by atoms with van der Waals surface area (Å²) < 4.78 is 19.6. The van der Waals surface area contributed by atoms with Crippen LogP contribution >= 0.6 is 15.9 Å². The average molecular weight is 425 g/mol. The summed E-state index contributed by atoms with van der Waals surface area (Å²) in [6.45, 7) is 10.5. The number of halogens is 1. The van der Waals surface area contributed by atoms with Crippen LogP contribution in [0.15, 0.2) is 21.7 Å². The van der Waals surface area contributed by atoms with Gasteiger partial charge in [0.05, 0.1) is 24.9 Å². The molecule has 1 saturated carbocycles. The molecule has 146 valence electrons. The second kappa shape index (κ2) is 6.72. The molecule has 0 bridgehead atoms. The van der Waals surface area contributed by atoms with E-state index in [0.29, 0.717) is 12.0 Å². The first-order chi connectivity index (χ1) is 12.2. The summed E-state index contributed by atoms with van der Waals surface area (Å²) in [5.41, 5.74) is 3.30. The fourth-order valence-electron chi connectivity index (χ4n) is 5.41. The number of hydrogen-bond acceptors (Lipinski definition) is 3. The second-order valence-electron chi connectivity index (χ2n) is 9.77. The van der Waals surface area contributed by atoms with Gasteiger partial charge in [0, 0.05) is 22.7 Å². The van der Waals surface area contributed by atoms with Crippen molar-refractivity contribution < 1.29 is 14.2 Å². The van der Waals surface area contributed by atoms with Gasteiger partial charge in [0.25, 0.3) is 0 Å². The van der Waals surface area contributed by atoms with E-state index in [4.69, 9.17) is 14.2 Å². The van der Waals surface area contributed by atoms with E-state index in [1.165, 1.54) is 29.3 Å². The molecule has 3 nitrogen and oxygen atoms in total. The number of rotatable bonds is 2. The highest BCUT2D eigenvalue weighted by atomic mass is 79.9. The standard InChI is InChI=1S/C22H33BrO3/c1-20(2,3)26-19-6-5-16-13-15(7-9-21(16,19)4)17-8-10-22(14-18(17)23)24-11-12-25-22/h13,16,19H,5-12,14H2,1-4H3/t16-,19+,21+/m1/s1. The van der Waals surface area contributed by atoms with E-state index in [1.807, 2.05) is 0 Å². The summed E-state index contributed by atoms with van der Waals surface area (Å²) in [5, 5.41) is 0. The molecule has 0 amide bonds. The van der Waals surface area contributed by atoms with Gasteiger partial charge < -0.3 is 14.2 Å². The number of ether oxygens (including phenoxy) is 3. The predicted molar refractivity (Wildman–Crippen MR) is 107 cm³/mol. The normalized spacial score (nSPS) is 37.2. The van der Waals surface area contributed by atoms with Gasteiger partial charge >= 0.3 is 0 Å². The van der Waals surface area contributed by atoms with Gasteiger partial charge in [-0.3, -0.25) is 0 Å². The van der Waals surface area contributed by atoms with Gasteiger partial charge in [0.2, 0.25) is 0 Å². The van der Waals surface area contributed by atoms with Crippen LogP contribution in [0.4, 0.5) is 0 Å². The zero-order valence-corrected chi connectivity index (χ0v) is 18.3. The molecule has 1 saturated heterocycles. The summed E-state index contributed by atoms with van der Waals surface area (Å²) in [5.74, 6) is 0.284. The van der Waals surface area contributed by atoms with Crippen molar-refractivity contribution in [1.29, 1.82) is 0 Å². The van der Waals surface area contributed by atoms with Gasteiger partial charge in [0.15, 0.2) is 5.79 Å². The highest BCUT2D eigenvalue weighted by Crippen LogP contribution is 2.55. The van der Waals surface area contributed by atoms with Crippen molar-refractivity contribution in [2.75, 3.05) is 13.2 Å². The van der Waals surface area contributed by atoms with E-state index in [0.717, 1.165) is 38.9 Å². The molecule has 26 heavy (non-hydrogen) atoms. The molecule has 1 spiro atoms. The van der Waals surface area contributed by atoms with Crippen molar-refractivity contribution in [2.24, 2.45) is 11.3 Å². The summed E-state index contributed by atoms with van der Waals surface area (Å²) in [6, 6.07) is 0. The molecule has 1 aliphatic heterocycles. The quantitative estimate of drug-likeness (QED) is 0.553. The van der Waals surface area contributed by atoms with E-state index < -0.39 is 0 Å². The minimum Gasteiger partial charge on any atom is -0.372 e. The average Bonchev–Trinajstić information content (AvgIpc) is 3.12. The van der Waals surface area contributed by atoms with Gasteiger partial charge in [0.1, 0.15) is 0 Å². The van der Waals surface area contributed by atoms with E-state index >= 15 is 0 Å². The fraction of sp³-hybridized carbons (Fsp3) is 0.818. The van der Waals surface area contributed by atoms with Gasteiger partial charge in [-0.2, -0.15) is 0 Å². The molecule has 4 aliphatic rings. The Morgan fingerprint density at radius 1 is 1.12 bits per heavy atom. The lowest BCUT2D eigenvalue weighted by Crippen LogP contribution is -2.40. The van der Waals surface area contributed by atoms with Crippen LogP contribution in [0.1, 0.15) is 72.6 Å². The van der Waals surface area contributed by atoms with Crippen molar-refractivity contribution in [3.63, 3.8) is 0 Å². The van der Waals surface area contributed by atoms with Crippen LogP contribution in [0.25, 0.3) is 0 Å². The van der Waals surface area contributed by atoms with E-state index in [9.17, 15) is 0 Å². The van der Waals surface area contributed by atoms with Crippen molar-refractivity contribution in [2.45, 2.75) is 90.1 Å². The van der Waals surface area contributed by atoms with E-state index in [1.54, 1.807) is 5.57 Å². The van der Waals surface area contributed by atoms with Crippen LogP contribution in [-0.4, -0.2) is 30.7 Å². The SMILES string of the molecule is CC(C)(C)O[C@H]1CC[C@@H]2C=C(C3=C(Br)CC4(CC3)OCCO4)CC[C@]12C. The largest absolute Gasteiger partial charge is 0.372 e. The summed E-state index contributed by atoms with van der Waals surface area (Å²) in [6.07, 6.45) is 10.7. The van der Waals surface area contributed by atoms with E-state index in [2.05, 4.69) is 49.7 Å². The molecule has 0 N–H and O–H groups in total. The zero-order chi connectivity index (χ0) is 18.6. The third-order valence-electron chi connectivity index (χ3n) is 6.86. The van der Waals surface area contributed by atoms with Gasteiger partial charge in [-0.05, 0) is 69.9 Å². The molecule has 0 radical (unpaired) electrons. The van der Waals surface area contributed by atoms with Crippen molar-refractivity contribution in [3.8, 4) is 0 Å². The summed E-state index contributed by atoms with van der Waals surface area (Å²) >= 11 is 3.87. The molecule has 3 atom stereocenters. The van der Waals surface area contributed by atoms with Crippen LogP contribution in [0.3, 0.4) is 0 Å². The van der Waals surface area contributed by atoms with Crippen molar-refractivity contribution >= 4 is 15.9 Å². The van der Waals surface area contributed by atoms with Crippen LogP contribution in [0.2, 0.25) is 0 Å². The Hall–Kier alpha value is -0.160.